The van der Waals surface area contributed by atoms with E-state index in [-0.39, 0.29) is 16.5 Å². The minimum absolute atomic E-state index is 0.0537. The Bertz CT molecular complexity index is 1450. The first-order valence-electron chi connectivity index (χ1n) is 10.1. The summed E-state index contributed by atoms with van der Waals surface area (Å²) in [5, 5.41) is 14.9. The number of carbonyl (C=O) groups is 1. The maximum Gasteiger partial charge on any atom is 0.326 e. The molecule has 11 heteroatoms. The van der Waals surface area contributed by atoms with Gasteiger partial charge < -0.3 is 10.1 Å². The van der Waals surface area contributed by atoms with E-state index in [1.807, 2.05) is 48.5 Å². The molecule has 4 aromatic rings. The number of sulfonamides is 1. The zero-order valence-electron chi connectivity index (χ0n) is 18.4. The summed E-state index contributed by atoms with van der Waals surface area (Å²) in [5.74, 6) is 1.21. The number of hydrogen-bond donors (Lipinski definition) is 3. The number of aromatic nitrogens is 3. The van der Waals surface area contributed by atoms with E-state index in [2.05, 4.69) is 20.7 Å². The molecule has 0 saturated heterocycles. The van der Waals surface area contributed by atoms with Crippen LogP contribution in [0.4, 0.5) is 16.4 Å². The number of nitrogens with one attached hydrogen (secondary N) is 2. The van der Waals surface area contributed by atoms with Gasteiger partial charge in [0.1, 0.15) is 5.75 Å². The molecule has 4 rings (SSSR count). The van der Waals surface area contributed by atoms with Crippen LogP contribution < -0.4 is 20.5 Å². The predicted octanol–water partition coefficient (Wildman–Crippen LogP) is 3.54. The van der Waals surface area contributed by atoms with Crippen molar-refractivity contribution >= 4 is 27.7 Å². The van der Waals surface area contributed by atoms with E-state index >= 15 is 0 Å². The fraction of sp³-hybridized carbons (Fsp3) is 0.0870. The van der Waals surface area contributed by atoms with Crippen LogP contribution in [0, 0.1) is 6.92 Å². The van der Waals surface area contributed by atoms with Crippen LogP contribution in [0.2, 0.25) is 0 Å². The van der Waals surface area contributed by atoms with Gasteiger partial charge in [0.25, 0.3) is 5.95 Å². The van der Waals surface area contributed by atoms with E-state index < -0.39 is 16.1 Å². The van der Waals surface area contributed by atoms with Gasteiger partial charge in [0, 0.05) is 17.3 Å². The molecule has 34 heavy (non-hydrogen) atoms. The van der Waals surface area contributed by atoms with Gasteiger partial charge in [-0.1, -0.05) is 42.5 Å². The number of carbonyl (C=O) groups excluding carboxylic acids is 1. The number of methoxy groups -OCH3 is 1. The Morgan fingerprint density at radius 1 is 1.00 bits per heavy atom. The zero-order chi connectivity index (χ0) is 24.3. The number of aryl methyl sites for hydroxylation is 1. The minimum atomic E-state index is -3.93. The van der Waals surface area contributed by atoms with Crippen LogP contribution in [0.25, 0.3) is 17.1 Å². The molecule has 0 aliphatic rings. The number of ether oxygens (including phenoxy) is 1. The Morgan fingerprint density at radius 3 is 2.47 bits per heavy atom. The molecule has 0 aliphatic heterocycles. The zero-order valence-corrected chi connectivity index (χ0v) is 19.2. The summed E-state index contributed by atoms with van der Waals surface area (Å²) < 4.78 is 30.4. The topological polar surface area (TPSA) is 141 Å². The average molecular weight is 479 g/mol. The third-order valence-electron chi connectivity index (χ3n) is 4.91. The van der Waals surface area contributed by atoms with Crippen LogP contribution >= 0.6 is 0 Å². The third-order valence-corrected chi connectivity index (χ3v) is 5.97. The fourth-order valence-corrected chi connectivity index (χ4v) is 4.12. The van der Waals surface area contributed by atoms with Crippen LogP contribution in [0.5, 0.6) is 5.75 Å². The summed E-state index contributed by atoms with van der Waals surface area (Å²) in [6.07, 6.45) is 0. The Morgan fingerprint density at radius 2 is 1.76 bits per heavy atom. The summed E-state index contributed by atoms with van der Waals surface area (Å²) >= 11 is 0. The molecule has 10 nitrogen and oxygen atoms in total. The number of anilines is 2. The van der Waals surface area contributed by atoms with Crippen LogP contribution in [-0.2, 0) is 10.0 Å². The number of nitrogens with two attached hydrogens (primary N) is 1. The van der Waals surface area contributed by atoms with Gasteiger partial charge in [0.15, 0.2) is 5.82 Å². The molecular formula is C23H22N6O4S. The monoisotopic (exact) mass is 478 g/mol. The van der Waals surface area contributed by atoms with E-state index in [0.717, 1.165) is 5.56 Å². The molecule has 0 spiro atoms. The van der Waals surface area contributed by atoms with Gasteiger partial charge in [-0.15, -0.1) is 5.10 Å². The van der Waals surface area contributed by atoms with E-state index in [1.54, 1.807) is 36.9 Å². The highest BCUT2D eigenvalue weighted by atomic mass is 32.2. The van der Waals surface area contributed by atoms with E-state index in [1.165, 1.54) is 6.07 Å². The highest BCUT2D eigenvalue weighted by Gasteiger charge is 2.17. The average Bonchev–Trinajstić information content (AvgIpc) is 3.24. The van der Waals surface area contributed by atoms with Crippen molar-refractivity contribution in [2.24, 2.45) is 5.14 Å². The SMILES string of the molecule is COc1cccc(-n2nc(NC(=O)Nc3ccc(C)c(S(N)(=O)=O)c3)nc2-c2ccccc2)c1. The number of primary sulfonamides is 1. The lowest BCUT2D eigenvalue weighted by atomic mass is 10.2. The maximum atomic E-state index is 12.6. The highest BCUT2D eigenvalue weighted by molar-refractivity contribution is 7.89. The van der Waals surface area contributed by atoms with Crippen molar-refractivity contribution in [1.29, 1.82) is 0 Å². The smallest absolute Gasteiger partial charge is 0.326 e. The van der Waals surface area contributed by atoms with Crippen LogP contribution in [0.15, 0.2) is 77.7 Å². The first-order valence-corrected chi connectivity index (χ1v) is 11.7. The number of rotatable bonds is 6. The molecular weight excluding hydrogens is 456 g/mol. The molecule has 0 radical (unpaired) electrons. The Kier molecular flexibility index (Phi) is 6.30. The molecule has 174 valence electrons. The van der Waals surface area contributed by atoms with Crippen molar-refractivity contribution < 1.29 is 17.9 Å². The molecule has 0 bridgehead atoms. The molecule has 4 N–H and O–H groups in total. The maximum absolute atomic E-state index is 12.6. The molecule has 0 fully saturated rings. The second-order valence-electron chi connectivity index (χ2n) is 7.34. The molecule has 0 atom stereocenters. The Labute approximate surface area is 196 Å². The van der Waals surface area contributed by atoms with Gasteiger partial charge in [-0.05, 0) is 36.8 Å². The largest absolute Gasteiger partial charge is 0.497 e. The van der Waals surface area contributed by atoms with E-state index in [0.29, 0.717) is 22.8 Å². The van der Waals surface area contributed by atoms with Gasteiger partial charge >= 0.3 is 6.03 Å². The Hall–Kier alpha value is -4.22. The van der Waals surface area contributed by atoms with Crippen molar-refractivity contribution in [3.05, 3.63) is 78.4 Å². The van der Waals surface area contributed by atoms with Crippen LogP contribution in [-0.4, -0.2) is 36.3 Å². The molecule has 1 aromatic heterocycles. The molecule has 0 unspecified atom stereocenters. The number of amides is 2. The van der Waals surface area contributed by atoms with Crippen molar-refractivity contribution in [1.82, 2.24) is 14.8 Å². The molecule has 0 aliphatic carbocycles. The lowest BCUT2D eigenvalue weighted by Gasteiger charge is -2.09. The van der Waals surface area contributed by atoms with Crippen molar-refractivity contribution in [2.45, 2.75) is 11.8 Å². The quantitative estimate of drug-likeness (QED) is 0.387. The molecule has 2 amide bonds. The summed E-state index contributed by atoms with van der Waals surface area (Å²) in [6.45, 7) is 1.61. The van der Waals surface area contributed by atoms with Crippen LogP contribution in [0.3, 0.4) is 0 Å². The Balaban J connectivity index is 1.64. The number of hydrogen-bond acceptors (Lipinski definition) is 6. The number of benzene rings is 3. The van der Waals surface area contributed by atoms with Crippen molar-refractivity contribution in [3.8, 4) is 22.8 Å². The predicted molar refractivity (Wildman–Crippen MR) is 129 cm³/mol. The number of urea groups is 1. The second kappa shape index (κ2) is 9.33. The van der Waals surface area contributed by atoms with Gasteiger partial charge in [-0.25, -0.2) is 23.0 Å². The second-order valence-corrected chi connectivity index (χ2v) is 8.87. The first-order chi connectivity index (χ1) is 16.2. The van der Waals surface area contributed by atoms with E-state index in [9.17, 15) is 13.2 Å². The lowest BCUT2D eigenvalue weighted by Crippen LogP contribution is -2.21. The molecule has 3 aromatic carbocycles. The van der Waals surface area contributed by atoms with Gasteiger partial charge in [0.2, 0.25) is 10.0 Å². The van der Waals surface area contributed by atoms with Crippen molar-refractivity contribution in [3.63, 3.8) is 0 Å². The standard InChI is InChI=1S/C23H22N6O4S/c1-15-11-12-17(13-20(15)34(24,31)32)25-23(30)27-22-26-21(16-7-4-3-5-8-16)29(28-22)18-9-6-10-19(14-18)33-2/h3-14H,1-2H3,(H2,24,31,32)(H2,25,27,28,30). The molecule has 1 heterocycles. The summed E-state index contributed by atoms with van der Waals surface area (Å²) in [4.78, 5) is 17.0. The van der Waals surface area contributed by atoms with Gasteiger partial charge in [-0.3, -0.25) is 5.32 Å². The first kappa shape index (κ1) is 23.0. The lowest BCUT2D eigenvalue weighted by molar-refractivity contribution is 0.262. The normalized spacial score (nSPS) is 11.1. The highest BCUT2D eigenvalue weighted by Crippen LogP contribution is 2.25. The van der Waals surface area contributed by atoms with Gasteiger partial charge in [0.05, 0.1) is 17.7 Å². The van der Waals surface area contributed by atoms with Gasteiger partial charge in [-0.2, -0.15) is 4.98 Å². The fourth-order valence-electron chi connectivity index (χ4n) is 3.31. The minimum Gasteiger partial charge on any atom is -0.497 e. The van der Waals surface area contributed by atoms with Crippen LogP contribution in [0.1, 0.15) is 5.56 Å². The number of nitrogens with zero attached hydrogens (tertiary/aromatic N) is 3. The summed E-state index contributed by atoms with van der Waals surface area (Å²) in [6, 6.07) is 20.4. The third kappa shape index (κ3) is 5.05. The molecule has 0 saturated carbocycles. The summed E-state index contributed by atoms with van der Waals surface area (Å²) in [5.41, 5.74) is 2.21. The van der Waals surface area contributed by atoms with Crippen molar-refractivity contribution in [2.75, 3.05) is 17.7 Å². The summed E-state index contributed by atoms with van der Waals surface area (Å²) in [7, 11) is -2.36. The van der Waals surface area contributed by atoms with E-state index in [4.69, 9.17) is 9.88 Å².